The van der Waals surface area contributed by atoms with Gasteiger partial charge in [0.1, 0.15) is 0 Å². The Bertz CT molecular complexity index is 882. The second-order valence-electron chi connectivity index (χ2n) is 4.75. The van der Waals surface area contributed by atoms with E-state index in [1.54, 1.807) is 18.6 Å². The molecule has 3 aromatic heterocycles. The number of benzene rings is 1. The van der Waals surface area contributed by atoms with Crippen molar-refractivity contribution in [3.8, 4) is 0 Å². The van der Waals surface area contributed by atoms with Crippen LogP contribution >= 0.6 is 0 Å². The molecule has 5 heteroatoms. The van der Waals surface area contributed by atoms with Crippen LogP contribution in [0.4, 0.5) is 0 Å². The number of fused-ring (bicyclic) bond motifs is 2. The molecule has 0 fully saturated rings. The lowest BCUT2D eigenvalue weighted by atomic mass is 10.2. The summed E-state index contributed by atoms with van der Waals surface area (Å²) in [5, 5.41) is 0. The Morgan fingerprint density at radius 1 is 0.810 bits per heavy atom. The third-order valence-corrected chi connectivity index (χ3v) is 3.03. The lowest BCUT2D eigenvalue weighted by Gasteiger charge is -1.95. The van der Waals surface area contributed by atoms with Gasteiger partial charge >= 0.3 is 0 Å². The Morgan fingerprint density at radius 2 is 1.62 bits per heavy atom. The predicted molar refractivity (Wildman–Crippen MR) is 82.0 cm³/mol. The van der Waals surface area contributed by atoms with Crippen molar-refractivity contribution in [2.45, 2.75) is 13.8 Å². The minimum absolute atomic E-state index is 0.764. The van der Waals surface area contributed by atoms with Gasteiger partial charge in [-0.25, -0.2) is 9.97 Å². The van der Waals surface area contributed by atoms with Crippen molar-refractivity contribution in [1.29, 1.82) is 0 Å². The largest absolute Gasteiger partial charge is 0.291 e. The predicted octanol–water partition coefficient (Wildman–Crippen LogP) is 2.98. The van der Waals surface area contributed by atoms with Crippen molar-refractivity contribution in [1.82, 2.24) is 24.3 Å². The average molecular weight is 277 g/mol. The smallest absolute Gasteiger partial charge is 0.233 e. The molecule has 0 radical (unpaired) electrons. The molecule has 4 rings (SSSR count). The fourth-order valence-electron chi connectivity index (χ4n) is 1.96. The molecular formula is C16H15N5. The molecular weight excluding hydrogens is 262 g/mol. The zero-order chi connectivity index (χ0) is 14.7. The molecule has 0 aliphatic carbocycles. The molecule has 21 heavy (non-hydrogen) atoms. The van der Waals surface area contributed by atoms with Crippen LogP contribution in [0.2, 0.25) is 0 Å². The van der Waals surface area contributed by atoms with Gasteiger partial charge in [-0.05, 0) is 37.6 Å². The number of hydrogen-bond donors (Lipinski definition) is 0. The first-order chi connectivity index (χ1) is 10.2. The molecule has 0 N–H and O–H groups in total. The number of aromatic nitrogens is 5. The maximum Gasteiger partial charge on any atom is 0.233 e. The molecule has 0 spiro atoms. The first kappa shape index (κ1) is 13.2. The van der Waals surface area contributed by atoms with Gasteiger partial charge in [0.15, 0.2) is 0 Å². The van der Waals surface area contributed by atoms with Crippen molar-refractivity contribution >= 4 is 16.8 Å². The minimum atomic E-state index is 0.764. The molecule has 104 valence electrons. The van der Waals surface area contributed by atoms with E-state index >= 15 is 0 Å². The first-order valence-corrected chi connectivity index (χ1v) is 6.66. The number of aryl methyl sites for hydroxylation is 2. The van der Waals surface area contributed by atoms with Gasteiger partial charge in [0.2, 0.25) is 5.78 Å². The minimum Gasteiger partial charge on any atom is -0.291 e. The molecule has 4 aromatic rings. The number of rotatable bonds is 0. The van der Waals surface area contributed by atoms with E-state index in [1.807, 2.05) is 54.9 Å². The third-order valence-electron chi connectivity index (χ3n) is 3.03. The van der Waals surface area contributed by atoms with E-state index in [0.717, 1.165) is 22.5 Å². The monoisotopic (exact) mass is 277 g/mol. The molecule has 0 saturated heterocycles. The molecule has 5 nitrogen and oxygen atoms in total. The van der Waals surface area contributed by atoms with Crippen LogP contribution in [0.3, 0.4) is 0 Å². The van der Waals surface area contributed by atoms with E-state index in [1.165, 1.54) is 5.56 Å². The highest BCUT2D eigenvalue weighted by molar-refractivity contribution is 5.74. The summed E-state index contributed by atoms with van der Waals surface area (Å²) < 4.78 is 1.88. The average Bonchev–Trinajstić information content (AvgIpc) is 2.95. The van der Waals surface area contributed by atoms with Gasteiger partial charge in [-0.2, -0.15) is 0 Å². The van der Waals surface area contributed by atoms with E-state index in [-0.39, 0.29) is 0 Å². The lowest BCUT2D eigenvalue weighted by Crippen LogP contribution is -1.88. The topological polar surface area (TPSA) is 56.0 Å². The van der Waals surface area contributed by atoms with Crippen LogP contribution in [0.5, 0.6) is 0 Å². The standard InChI is InChI=1S/C9H8N2.C7H7N3/c1-7-2-3-8-9(6-7)11-5-4-10-8;1-6-2-4-10-5-3-8-7(10)9-6/h2-6H,1H3;2-5H,1H3. The Labute approximate surface area is 122 Å². The fourth-order valence-corrected chi connectivity index (χ4v) is 1.96. The molecule has 0 atom stereocenters. The van der Waals surface area contributed by atoms with Gasteiger partial charge in [-0.1, -0.05) is 6.07 Å². The van der Waals surface area contributed by atoms with Crippen molar-refractivity contribution in [2.24, 2.45) is 0 Å². The second kappa shape index (κ2) is 5.66. The molecule has 0 unspecified atom stereocenters. The summed E-state index contributed by atoms with van der Waals surface area (Å²) in [7, 11) is 0. The summed E-state index contributed by atoms with van der Waals surface area (Å²) in [6.07, 6.45) is 8.98. The summed E-state index contributed by atoms with van der Waals surface area (Å²) in [6.45, 7) is 4.00. The third kappa shape index (κ3) is 3.02. The van der Waals surface area contributed by atoms with Crippen LogP contribution in [0, 0.1) is 13.8 Å². The van der Waals surface area contributed by atoms with Gasteiger partial charge < -0.3 is 0 Å². The number of nitrogens with zero attached hydrogens (tertiary/aromatic N) is 5. The quantitative estimate of drug-likeness (QED) is 0.496. The van der Waals surface area contributed by atoms with Gasteiger partial charge in [-0.15, -0.1) is 0 Å². The molecule has 3 heterocycles. The van der Waals surface area contributed by atoms with Gasteiger partial charge in [0.25, 0.3) is 0 Å². The van der Waals surface area contributed by atoms with E-state index in [9.17, 15) is 0 Å². The normalized spacial score (nSPS) is 10.4. The summed E-state index contributed by atoms with van der Waals surface area (Å²) in [5.41, 5.74) is 4.14. The lowest BCUT2D eigenvalue weighted by molar-refractivity contribution is 1.07. The summed E-state index contributed by atoms with van der Waals surface area (Å²) in [5.74, 6) is 0.764. The SMILES string of the molecule is Cc1ccc2nccnc2c1.Cc1ccn2ccnc2n1. The van der Waals surface area contributed by atoms with E-state index < -0.39 is 0 Å². The Morgan fingerprint density at radius 3 is 2.48 bits per heavy atom. The molecule has 0 amide bonds. The van der Waals surface area contributed by atoms with E-state index in [4.69, 9.17) is 0 Å². The van der Waals surface area contributed by atoms with Crippen molar-refractivity contribution < 1.29 is 0 Å². The maximum absolute atomic E-state index is 4.19. The van der Waals surface area contributed by atoms with Gasteiger partial charge in [-0.3, -0.25) is 14.4 Å². The highest BCUT2D eigenvalue weighted by Gasteiger charge is 1.93. The number of imidazole rings is 1. The fraction of sp³-hybridized carbons (Fsp3) is 0.125. The highest BCUT2D eigenvalue weighted by atomic mass is 15.1. The molecule has 0 aliphatic heterocycles. The maximum atomic E-state index is 4.19. The van der Waals surface area contributed by atoms with Crippen LogP contribution in [0.25, 0.3) is 16.8 Å². The van der Waals surface area contributed by atoms with Crippen molar-refractivity contribution in [3.63, 3.8) is 0 Å². The van der Waals surface area contributed by atoms with Crippen LogP contribution in [-0.4, -0.2) is 24.3 Å². The van der Waals surface area contributed by atoms with Gasteiger partial charge in [0, 0.05) is 36.7 Å². The van der Waals surface area contributed by atoms with Crippen LogP contribution in [0.1, 0.15) is 11.3 Å². The van der Waals surface area contributed by atoms with E-state index in [2.05, 4.69) is 19.9 Å². The van der Waals surface area contributed by atoms with Crippen LogP contribution in [0.15, 0.2) is 55.2 Å². The summed E-state index contributed by atoms with van der Waals surface area (Å²) >= 11 is 0. The zero-order valence-corrected chi connectivity index (χ0v) is 11.9. The van der Waals surface area contributed by atoms with E-state index in [0.29, 0.717) is 0 Å². The Hall–Kier alpha value is -2.82. The molecule has 0 bridgehead atoms. The number of hydrogen-bond acceptors (Lipinski definition) is 4. The molecule has 1 aromatic carbocycles. The Balaban J connectivity index is 0.000000126. The summed E-state index contributed by atoms with van der Waals surface area (Å²) in [4.78, 5) is 16.6. The van der Waals surface area contributed by atoms with Crippen LogP contribution in [-0.2, 0) is 0 Å². The van der Waals surface area contributed by atoms with Crippen LogP contribution < -0.4 is 0 Å². The van der Waals surface area contributed by atoms with Gasteiger partial charge in [0.05, 0.1) is 11.0 Å². The molecule has 0 aliphatic rings. The Kier molecular flexibility index (Phi) is 3.55. The second-order valence-corrected chi connectivity index (χ2v) is 4.75. The van der Waals surface area contributed by atoms with Crippen molar-refractivity contribution in [3.05, 3.63) is 66.5 Å². The zero-order valence-electron chi connectivity index (χ0n) is 11.9. The highest BCUT2D eigenvalue weighted by Crippen LogP contribution is 2.08. The summed E-state index contributed by atoms with van der Waals surface area (Å²) in [6, 6.07) is 8.01. The first-order valence-electron chi connectivity index (χ1n) is 6.66. The van der Waals surface area contributed by atoms with Crippen molar-refractivity contribution in [2.75, 3.05) is 0 Å². The molecule has 0 saturated carbocycles.